The maximum atomic E-state index is 13.7. The van der Waals surface area contributed by atoms with Gasteiger partial charge in [-0.05, 0) is 60.9 Å². The molecule has 3 aromatic carbocycles. The highest BCUT2D eigenvalue weighted by atomic mass is 16.5. The third-order valence-corrected chi connectivity index (χ3v) is 7.30. The Bertz CT molecular complexity index is 1330. The minimum atomic E-state index is -0.117. The zero-order chi connectivity index (χ0) is 27.4. The van der Waals surface area contributed by atoms with Crippen molar-refractivity contribution in [2.24, 2.45) is 5.92 Å². The average Bonchev–Trinajstić information content (AvgIpc) is 3.83. The monoisotopic (exact) mass is 526 g/mol. The molecular formula is C31H34N4O4. The molecule has 1 heterocycles. The summed E-state index contributed by atoms with van der Waals surface area (Å²) in [4.78, 5) is 44.9. The summed E-state index contributed by atoms with van der Waals surface area (Å²) in [6, 6.07) is 22.6. The smallest absolute Gasteiger partial charge is 0.256 e. The quantitative estimate of drug-likeness (QED) is 0.474. The van der Waals surface area contributed by atoms with Crippen molar-refractivity contribution in [1.82, 2.24) is 9.80 Å². The van der Waals surface area contributed by atoms with Gasteiger partial charge in [0.15, 0.2) is 0 Å². The molecule has 3 aromatic rings. The van der Waals surface area contributed by atoms with E-state index in [1.165, 1.54) is 0 Å². The van der Waals surface area contributed by atoms with E-state index < -0.39 is 0 Å². The predicted molar refractivity (Wildman–Crippen MR) is 151 cm³/mol. The number of hydrogen-bond acceptors (Lipinski definition) is 5. The number of nitrogens with one attached hydrogen (secondary N) is 1. The molecule has 2 aliphatic rings. The molecule has 39 heavy (non-hydrogen) atoms. The molecule has 0 radical (unpaired) electrons. The fourth-order valence-electron chi connectivity index (χ4n) is 4.85. The number of ether oxygens (including phenoxy) is 1. The molecule has 1 N–H and O–H groups in total. The maximum Gasteiger partial charge on any atom is 0.256 e. The highest BCUT2D eigenvalue weighted by Crippen LogP contribution is 2.32. The number of methoxy groups -OCH3 is 1. The van der Waals surface area contributed by atoms with Crippen LogP contribution in [0.5, 0.6) is 5.75 Å². The fourth-order valence-corrected chi connectivity index (χ4v) is 4.85. The van der Waals surface area contributed by atoms with Crippen LogP contribution in [0.3, 0.4) is 0 Å². The van der Waals surface area contributed by atoms with Crippen molar-refractivity contribution < 1.29 is 19.1 Å². The molecule has 3 amide bonds. The number of hydrogen-bond donors (Lipinski definition) is 1. The molecule has 1 aliphatic heterocycles. The second-order valence-corrected chi connectivity index (χ2v) is 10.2. The molecule has 0 spiro atoms. The molecule has 1 saturated carbocycles. The lowest BCUT2D eigenvalue weighted by Crippen LogP contribution is -2.49. The first-order valence-corrected chi connectivity index (χ1v) is 13.4. The van der Waals surface area contributed by atoms with Gasteiger partial charge in [0.05, 0.1) is 12.7 Å². The minimum Gasteiger partial charge on any atom is -0.497 e. The zero-order valence-corrected chi connectivity index (χ0v) is 22.4. The van der Waals surface area contributed by atoms with E-state index in [9.17, 15) is 14.4 Å². The molecule has 0 aromatic heterocycles. The van der Waals surface area contributed by atoms with Crippen LogP contribution >= 0.6 is 0 Å². The van der Waals surface area contributed by atoms with Crippen LogP contribution in [0.15, 0.2) is 72.8 Å². The van der Waals surface area contributed by atoms with E-state index in [4.69, 9.17) is 4.74 Å². The summed E-state index contributed by atoms with van der Waals surface area (Å²) in [6.45, 7) is 2.75. The van der Waals surface area contributed by atoms with E-state index in [1.54, 1.807) is 49.4 Å². The third kappa shape index (κ3) is 6.22. The molecule has 202 valence electrons. The number of nitrogens with zero attached hydrogens (tertiary/aromatic N) is 3. The van der Waals surface area contributed by atoms with E-state index >= 15 is 0 Å². The van der Waals surface area contributed by atoms with Crippen molar-refractivity contribution in [3.63, 3.8) is 0 Å². The summed E-state index contributed by atoms with van der Waals surface area (Å²) < 4.78 is 5.20. The summed E-state index contributed by atoms with van der Waals surface area (Å²) in [5.74, 6) is 0.648. The maximum absolute atomic E-state index is 13.7. The van der Waals surface area contributed by atoms with Crippen LogP contribution in [0.25, 0.3) is 0 Å². The number of carbonyl (C=O) groups is 3. The number of amides is 3. The number of anilines is 2. The van der Waals surface area contributed by atoms with Crippen LogP contribution in [0.2, 0.25) is 0 Å². The lowest BCUT2D eigenvalue weighted by molar-refractivity contribution is -0.117. The van der Waals surface area contributed by atoms with Gasteiger partial charge >= 0.3 is 0 Å². The summed E-state index contributed by atoms with van der Waals surface area (Å²) in [7, 11) is 3.39. The third-order valence-electron chi connectivity index (χ3n) is 7.30. The Hall–Kier alpha value is -4.33. The van der Waals surface area contributed by atoms with Gasteiger partial charge in [0, 0.05) is 62.6 Å². The second-order valence-electron chi connectivity index (χ2n) is 10.2. The Morgan fingerprint density at radius 3 is 2.26 bits per heavy atom. The molecule has 2 fully saturated rings. The van der Waals surface area contributed by atoms with E-state index in [-0.39, 0.29) is 23.6 Å². The van der Waals surface area contributed by atoms with Gasteiger partial charge in [-0.15, -0.1) is 0 Å². The van der Waals surface area contributed by atoms with Gasteiger partial charge < -0.3 is 24.8 Å². The summed E-state index contributed by atoms with van der Waals surface area (Å²) in [5.41, 5.74) is 3.63. The Morgan fingerprint density at radius 1 is 0.923 bits per heavy atom. The van der Waals surface area contributed by atoms with Crippen molar-refractivity contribution in [1.29, 1.82) is 0 Å². The van der Waals surface area contributed by atoms with Gasteiger partial charge in [-0.1, -0.05) is 30.3 Å². The molecule has 5 rings (SSSR count). The van der Waals surface area contributed by atoms with Crippen LogP contribution in [-0.2, 0) is 11.3 Å². The van der Waals surface area contributed by atoms with E-state index in [0.29, 0.717) is 55.3 Å². The Morgan fingerprint density at radius 2 is 1.62 bits per heavy atom. The molecule has 1 saturated heterocycles. The van der Waals surface area contributed by atoms with Crippen molar-refractivity contribution >= 4 is 29.1 Å². The Kier molecular flexibility index (Phi) is 7.81. The molecule has 0 atom stereocenters. The first-order chi connectivity index (χ1) is 18.9. The van der Waals surface area contributed by atoms with Gasteiger partial charge in [0.1, 0.15) is 5.75 Å². The van der Waals surface area contributed by atoms with Crippen LogP contribution in [0.1, 0.15) is 39.1 Å². The largest absolute Gasteiger partial charge is 0.497 e. The first kappa shape index (κ1) is 26.3. The van der Waals surface area contributed by atoms with Gasteiger partial charge in [-0.25, -0.2) is 0 Å². The average molecular weight is 527 g/mol. The highest BCUT2D eigenvalue weighted by Gasteiger charge is 2.30. The predicted octanol–water partition coefficient (Wildman–Crippen LogP) is 4.28. The lowest BCUT2D eigenvalue weighted by Gasteiger charge is -2.37. The molecule has 1 aliphatic carbocycles. The van der Waals surface area contributed by atoms with Gasteiger partial charge in [0.2, 0.25) is 5.91 Å². The fraction of sp³-hybridized carbons (Fsp3) is 0.323. The van der Waals surface area contributed by atoms with E-state index in [2.05, 4.69) is 10.2 Å². The molecule has 8 nitrogen and oxygen atoms in total. The molecule has 0 unspecified atom stereocenters. The van der Waals surface area contributed by atoms with Crippen LogP contribution in [0.4, 0.5) is 11.4 Å². The highest BCUT2D eigenvalue weighted by molar-refractivity contribution is 6.02. The van der Waals surface area contributed by atoms with Crippen molar-refractivity contribution in [2.75, 3.05) is 50.6 Å². The SMILES string of the molecule is COc1ccc(C(=O)N2CCN(c3ccc(NC(=O)C4CC4)cc3C(=O)N(C)Cc3ccccc3)CC2)cc1. The standard InChI is InChI=1S/C31H34N4O4/c1-33(21-22-6-4-3-5-7-22)31(38)27-20-25(32-29(36)23-8-9-23)12-15-28(27)34-16-18-35(19-17-34)30(37)24-10-13-26(39-2)14-11-24/h3-7,10-15,20,23H,8-9,16-19,21H2,1-2H3,(H,32,36). The number of carbonyl (C=O) groups excluding carboxylic acids is 3. The summed E-state index contributed by atoms with van der Waals surface area (Å²) in [5, 5.41) is 2.98. The Balaban J connectivity index is 1.33. The van der Waals surface area contributed by atoms with E-state index in [0.717, 1.165) is 24.1 Å². The summed E-state index contributed by atoms with van der Waals surface area (Å²) >= 11 is 0. The van der Waals surface area contributed by atoms with Gasteiger partial charge in [-0.3, -0.25) is 14.4 Å². The topological polar surface area (TPSA) is 82.2 Å². The number of benzene rings is 3. The lowest BCUT2D eigenvalue weighted by atomic mass is 10.1. The van der Waals surface area contributed by atoms with Crippen LogP contribution in [-0.4, -0.2) is 67.9 Å². The Labute approximate surface area is 229 Å². The molecule has 0 bridgehead atoms. The van der Waals surface area contributed by atoms with Crippen LogP contribution < -0.4 is 15.0 Å². The zero-order valence-electron chi connectivity index (χ0n) is 22.4. The second kappa shape index (κ2) is 11.6. The van der Waals surface area contributed by atoms with Crippen LogP contribution in [0, 0.1) is 5.92 Å². The van der Waals surface area contributed by atoms with Crippen molar-refractivity contribution in [2.45, 2.75) is 19.4 Å². The van der Waals surface area contributed by atoms with Gasteiger partial charge in [-0.2, -0.15) is 0 Å². The van der Waals surface area contributed by atoms with Gasteiger partial charge in [0.25, 0.3) is 11.8 Å². The normalized spacial score (nSPS) is 15.0. The first-order valence-electron chi connectivity index (χ1n) is 13.4. The summed E-state index contributed by atoms with van der Waals surface area (Å²) in [6.07, 6.45) is 1.82. The number of rotatable bonds is 8. The van der Waals surface area contributed by atoms with E-state index in [1.807, 2.05) is 47.4 Å². The molecular weight excluding hydrogens is 492 g/mol. The minimum absolute atomic E-state index is 0.00412. The molecule has 8 heteroatoms. The number of piperazine rings is 1. The van der Waals surface area contributed by atoms with Crippen molar-refractivity contribution in [3.05, 3.63) is 89.5 Å². The van der Waals surface area contributed by atoms with Crippen molar-refractivity contribution in [3.8, 4) is 5.75 Å².